The number of ether oxygens (including phenoxy) is 6. The van der Waals surface area contributed by atoms with Crippen LogP contribution in [0, 0.1) is 17.7 Å². The third-order valence-electron chi connectivity index (χ3n) is 7.06. The van der Waals surface area contributed by atoms with Crippen LogP contribution in [0.25, 0.3) is 0 Å². The van der Waals surface area contributed by atoms with Gasteiger partial charge >= 0.3 is 5.97 Å². The topological polar surface area (TPSA) is 92.7 Å². The molecule has 0 spiro atoms. The monoisotopic (exact) mass is 494 g/mol. The standard InChI is InChI=1S/C27H23FO8/c1-31-21-7-13(8-22(32-2)25(21)29)23-16-9-19-20(35-12-34-19)10-17(16)26(18-11-33-27(30)24(18)23)36-15-5-3-14(28)4-6-15/h3-10,18,23-24,26,29H,11-12H2,1-2H3/t18?,23-,24-,26+/m0/s1. The van der Waals surface area contributed by atoms with Crippen molar-refractivity contribution in [1.29, 1.82) is 0 Å². The van der Waals surface area contributed by atoms with Crippen LogP contribution in [0.3, 0.4) is 0 Å². The smallest absolute Gasteiger partial charge is 0.310 e. The molecule has 0 radical (unpaired) electrons. The van der Waals surface area contributed by atoms with Gasteiger partial charge in [0.1, 0.15) is 17.7 Å². The van der Waals surface area contributed by atoms with Gasteiger partial charge < -0.3 is 33.5 Å². The average Bonchev–Trinajstić information content (AvgIpc) is 3.51. The number of carbonyl (C=O) groups is 1. The predicted molar refractivity (Wildman–Crippen MR) is 123 cm³/mol. The number of carbonyl (C=O) groups excluding carboxylic acids is 1. The molecule has 1 N–H and O–H groups in total. The van der Waals surface area contributed by atoms with E-state index in [1.165, 1.54) is 26.4 Å². The van der Waals surface area contributed by atoms with E-state index in [2.05, 4.69) is 0 Å². The Morgan fingerprint density at radius 1 is 0.917 bits per heavy atom. The largest absolute Gasteiger partial charge is 0.502 e. The lowest BCUT2D eigenvalue weighted by Crippen LogP contribution is -2.37. The van der Waals surface area contributed by atoms with Crippen molar-refractivity contribution >= 4 is 5.97 Å². The van der Waals surface area contributed by atoms with E-state index in [-0.39, 0.29) is 48.4 Å². The molecule has 1 aliphatic carbocycles. The first-order valence-corrected chi connectivity index (χ1v) is 11.5. The highest BCUT2D eigenvalue weighted by Gasteiger charge is 2.53. The minimum atomic E-state index is -0.595. The van der Waals surface area contributed by atoms with Crippen molar-refractivity contribution in [3.63, 3.8) is 0 Å². The van der Waals surface area contributed by atoms with Gasteiger partial charge in [-0.15, -0.1) is 0 Å². The molecule has 3 aromatic rings. The zero-order valence-corrected chi connectivity index (χ0v) is 19.5. The van der Waals surface area contributed by atoms with Gasteiger partial charge in [-0.25, -0.2) is 4.39 Å². The second-order valence-electron chi connectivity index (χ2n) is 8.90. The summed E-state index contributed by atoms with van der Waals surface area (Å²) in [5, 5.41) is 10.5. The summed E-state index contributed by atoms with van der Waals surface area (Å²) < 4.78 is 47.5. The van der Waals surface area contributed by atoms with Gasteiger partial charge in [-0.1, -0.05) is 0 Å². The Bertz CT molecular complexity index is 1310. The molecule has 1 unspecified atom stereocenters. The maximum atomic E-state index is 13.5. The average molecular weight is 494 g/mol. The molecule has 186 valence electrons. The molecule has 6 rings (SSSR count). The van der Waals surface area contributed by atoms with Crippen LogP contribution in [0.5, 0.6) is 34.5 Å². The molecule has 3 aliphatic rings. The van der Waals surface area contributed by atoms with Gasteiger partial charge in [-0.05, 0) is 59.7 Å². The van der Waals surface area contributed by atoms with Crippen LogP contribution in [0.15, 0.2) is 48.5 Å². The molecule has 1 saturated heterocycles. The summed E-state index contributed by atoms with van der Waals surface area (Å²) in [6.45, 7) is 0.244. The molecule has 0 amide bonds. The molecular weight excluding hydrogens is 471 g/mol. The first-order chi connectivity index (χ1) is 17.5. The fraction of sp³-hybridized carbons (Fsp3) is 0.296. The Balaban J connectivity index is 1.55. The van der Waals surface area contributed by atoms with Gasteiger partial charge in [-0.2, -0.15) is 0 Å². The molecule has 0 aromatic heterocycles. The van der Waals surface area contributed by atoms with Crippen LogP contribution in [-0.2, 0) is 9.53 Å². The van der Waals surface area contributed by atoms with Crippen molar-refractivity contribution in [2.45, 2.75) is 12.0 Å². The third kappa shape index (κ3) is 3.45. The van der Waals surface area contributed by atoms with E-state index < -0.39 is 17.9 Å². The van der Waals surface area contributed by atoms with Crippen molar-refractivity contribution < 1.29 is 42.7 Å². The molecule has 9 heteroatoms. The predicted octanol–water partition coefficient (Wildman–Crippen LogP) is 4.33. The lowest BCUT2D eigenvalue weighted by Gasteiger charge is -2.39. The van der Waals surface area contributed by atoms with Crippen LogP contribution >= 0.6 is 0 Å². The Kier molecular flexibility index (Phi) is 5.28. The minimum absolute atomic E-state index is 0.0854. The van der Waals surface area contributed by atoms with Crippen molar-refractivity contribution in [2.75, 3.05) is 27.6 Å². The van der Waals surface area contributed by atoms with Gasteiger partial charge in [0.25, 0.3) is 0 Å². The number of hydrogen-bond acceptors (Lipinski definition) is 8. The van der Waals surface area contributed by atoms with E-state index in [1.54, 1.807) is 24.3 Å². The number of esters is 1. The number of halogens is 1. The van der Waals surface area contributed by atoms with Gasteiger partial charge in [-0.3, -0.25) is 4.79 Å². The lowest BCUT2D eigenvalue weighted by molar-refractivity contribution is -0.141. The Morgan fingerprint density at radius 3 is 2.19 bits per heavy atom. The number of methoxy groups -OCH3 is 2. The van der Waals surface area contributed by atoms with E-state index in [0.717, 1.165) is 11.1 Å². The molecule has 3 aromatic carbocycles. The van der Waals surface area contributed by atoms with E-state index in [0.29, 0.717) is 22.8 Å². The molecule has 8 nitrogen and oxygen atoms in total. The normalized spacial score (nSPS) is 23.5. The number of benzene rings is 3. The van der Waals surface area contributed by atoms with Crippen molar-refractivity contribution in [1.82, 2.24) is 0 Å². The van der Waals surface area contributed by atoms with E-state index in [4.69, 9.17) is 28.4 Å². The number of cyclic esters (lactones) is 1. The fourth-order valence-corrected chi connectivity index (χ4v) is 5.42. The van der Waals surface area contributed by atoms with Crippen molar-refractivity contribution in [2.24, 2.45) is 11.8 Å². The molecule has 0 bridgehead atoms. The Hall–Kier alpha value is -4.14. The first-order valence-electron chi connectivity index (χ1n) is 11.5. The maximum absolute atomic E-state index is 13.5. The van der Waals surface area contributed by atoms with Crippen LogP contribution in [0.4, 0.5) is 4.39 Å². The molecule has 2 heterocycles. The maximum Gasteiger partial charge on any atom is 0.310 e. The SMILES string of the molecule is COc1cc([C@H]2c3cc4c(cc3[C@@H](Oc3ccc(F)cc3)C3COC(=O)[C@@H]32)OCO4)cc(OC)c1O. The van der Waals surface area contributed by atoms with E-state index in [9.17, 15) is 14.3 Å². The molecule has 4 atom stereocenters. The summed E-state index contributed by atoms with van der Waals surface area (Å²) in [5.41, 5.74) is 2.30. The summed E-state index contributed by atoms with van der Waals surface area (Å²) in [7, 11) is 2.90. The minimum Gasteiger partial charge on any atom is -0.502 e. The summed E-state index contributed by atoms with van der Waals surface area (Å²) >= 11 is 0. The van der Waals surface area contributed by atoms with Crippen LogP contribution in [0.1, 0.15) is 28.7 Å². The van der Waals surface area contributed by atoms with Gasteiger partial charge in [0.2, 0.25) is 12.5 Å². The number of phenols is 1. The molecule has 0 saturated carbocycles. The van der Waals surface area contributed by atoms with E-state index >= 15 is 0 Å². The van der Waals surface area contributed by atoms with Crippen molar-refractivity contribution in [3.8, 4) is 34.5 Å². The van der Waals surface area contributed by atoms with Crippen LogP contribution < -0.4 is 23.7 Å². The Labute approximate surface area is 206 Å². The third-order valence-corrected chi connectivity index (χ3v) is 7.06. The lowest BCUT2D eigenvalue weighted by atomic mass is 9.66. The van der Waals surface area contributed by atoms with Gasteiger partial charge in [0.05, 0.1) is 26.7 Å². The first kappa shape index (κ1) is 22.3. The van der Waals surface area contributed by atoms with Gasteiger partial charge in [0, 0.05) is 17.4 Å². The highest BCUT2D eigenvalue weighted by molar-refractivity contribution is 5.79. The quantitative estimate of drug-likeness (QED) is 0.524. The number of rotatable bonds is 5. The number of hydrogen-bond donors (Lipinski definition) is 1. The highest BCUT2D eigenvalue weighted by Crippen LogP contribution is 2.56. The zero-order chi connectivity index (χ0) is 25.0. The van der Waals surface area contributed by atoms with Gasteiger partial charge in [0.15, 0.2) is 23.0 Å². The molecule has 1 fully saturated rings. The number of aromatic hydroxyl groups is 1. The van der Waals surface area contributed by atoms with E-state index in [1.807, 2.05) is 12.1 Å². The molecule has 36 heavy (non-hydrogen) atoms. The van der Waals surface area contributed by atoms with Crippen LogP contribution in [-0.4, -0.2) is 38.7 Å². The highest BCUT2D eigenvalue weighted by atomic mass is 19.1. The summed E-state index contributed by atoms with van der Waals surface area (Å²) in [6.07, 6.45) is -0.562. The summed E-state index contributed by atoms with van der Waals surface area (Å²) in [6, 6.07) is 12.9. The number of phenolic OH excluding ortho intramolecular Hbond substituents is 1. The van der Waals surface area contributed by atoms with Crippen LogP contribution in [0.2, 0.25) is 0 Å². The summed E-state index contributed by atoms with van der Waals surface area (Å²) in [4.78, 5) is 13.2. The Morgan fingerprint density at radius 2 is 1.56 bits per heavy atom. The second kappa shape index (κ2) is 8.51. The second-order valence-corrected chi connectivity index (χ2v) is 8.90. The zero-order valence-electron chi connectivity index (χ0n) is 19.5. The van der Waals surface area contributed by atoms with Crippen molar-refractivity contribution in [3.05, 3.63) is 71.0 Å². The number of fused-ring (bicyclic) bond motifs is 3. The molecule has 2 aliphatic heterocycles. The summed E-state index contributed by atoms with van der Waals surface area (Å²) in [5.74, 6) is -0.220. The fourth-order valence-electron chi connectivity index (χ4n) is 5.42. The molecular formula is C27H23FO8.